The van der Waals surface area contributed by atoms with Crippen molar-refractivity contribution >= 4 is 0 Å². The molecule has 0 unspecified atom stereocenters. The topological polar surface area (TPSA) is 49.7 Å². The Morgan fingerprint density at radius 1 is 1.47 bits per heavy atom. The van der Waals surface area contributed by atoms with Gasteiger partial charge >= 0.3 is 0 Å². The molecule has 0 aromatic heterocycles. The highest BCUT2D eigenvalue weighted by Gasteiger charge is 2.15. The summed E-state index contributed by atoms with van der Waals surface area (Å²) in [5.41, 5.74) is 1.03. The van der Waals surface area contributed by atoms with Gasteiger partial charge in [0.25, 0.3) is 0 Å². The first kappa shape index (κ1) is 11.8. The second-order valence-corrected chi connectivity index (χ2v) is 3.38. The average molecular weight is 214 g/mol. The molecule has 0 atom stereocenters. The van der Waals surface area contributed by atoms with E-state index >= 15 is 0 Å². The van der Waals surface area contributed by atoms with E-state index in [0.717, 1.165) is 0 Å². The minimum absolute atomic E-state index is 0.0156. The molecule has 0 amide bonds. The van der Waals surface area contributed by atoms with E-state index in [4.69, 9.17) is 9.84 Å². The van der Waals surface area contributed by atoms with Gasteiger partial charge in [-0.1, -0.05) is 0 Å². The number of aliphatic hydroxyl groups is 1. The second kappa shape index (κ2) is 4.98. The lowest BCUT2D eigenvalue weighted by Crippen LogP contribution is -1.99. The molecule has 84 valence electrons. The number of phenols is 1. The Balaban J connectivity index is 3.12. The van der Waals surface area contributed by atoms with Gasteiger partial charge in [0, 0.05) is 6.61 Å². The van der Waals surface area contributed by atoms with Crippen LogP contribution >= 0.6 is 0 Å². The third-order valence-electron chi connectivity index (χ3n) is 2.27. The molecule has 0 saturated carbocycles. The first-order valence-corrected chi connectivity index (χ1v) is 4.77. The number of benzene rings is 1. The highest BCUT2D eigenvalue weighted by Crippen LogP contribution is 2.34. The summed E-state index contributed by atoms with van der Waals surface area (Å²) < 4.78 is 18.5. The van der Waals surface area contributed by atoms with Gasteiger partial charge < -0.3 is 14.9 Å². The number of hydrogen-bond acceptors (Lipinski definition) is 3. The molecule has 1 aromatic rings. The van der Waals surface area contributed by atoms with E-state index in [9.17, 15) is 9.50 Å². The lowest BCUT2D eigenvalue weighted by atomic mass is 10.0. The van der Waals surface area contributed by atoms with Crippen molar-refractivity contribution < 1.29 is 19.3 Å². The first-order chi connectivity index (χ1) is 7.11. The summed E-state index contributed by atoms with van der Waals surface area (Å²) in [6.07, 6.45) is 0.921. The number of methoxy groups -OCH3 is 1. The van der Waals surface area contributed by atoms with Crippen LogP contribution in [0.4, 0.5) is 4.39 Å². The van der Waals surface area contributed by atoms with Crippen molar-refractivity contribution in [1.29, 1.82) is 0 Å². The van der Waals surface area contributed by atoms with Gasteiger partial charge in [-0.05, 0) is 37.0 Å². The molecule has 4 heteroatoms. The highest BCUT2D eigenvalue weighted by molar-refractivity contribution is 5.49. The quantitative estimate of drug-likeness (QED) is 0.803. The summed E-state index contributed by atoms with van der Waals surface area (Å²) in [6, 6.07) is 1.57. The molecule has 0 aliphatic rings. The minimum Gasteiger partial charge on any atom is -0.504 e. The van der Waals surface area contributed by atoms with Crippen molar-refractivity contribution in [3.63, 3.8) is 0 Å². The zero-order valence-corrected chi connectivity index (χ0v) is 8.88. The SMILES string of the molecule is COc1c(O)c(C)cc(CCCO)c1F. The van der Waals surface area contributed by atoms with Gasteiger partial charge in [0.05, 0.1) is 7.11 Å². The van der Waals surface area contributed by atoms with E-state index in [1.807, 2.05) is 0 Å². The minimum atomic E-state index is -0.547. The van der Waals surface area contributed by atoms with Crippen molar-refractivity contribution in [1.82, 2.24) is 0 Å². The Kier molecular flexibility index (Phi) is 3.91. The summed E-state index contributed by atoms with van der Waals surface area (Å²) in [5, 5.41) is 18.2. The number of phenolic OH excluding ortho intramolecular Hbond substituents is 1. The van der Waals surface area contributed by atoms with Crippen LogP contribution < -0.4 is 4.74 Å². The Hall–Kier alpha value is -1.29. The standard InChI is InChI=1S/C11H15FO3/c1-7-6-8(4-3-5-13)9(12)11(15-2)10(7)14/h6,13-14H,3-5H2,1-2H3. The molecule has 0 aliphatic carbocycles. The van der Waals surface area contributed by atoms with Crippen LogP contribution in [0.1, 0.15) is 17.5 Å². The summed E-state index contributed by atoms with van der Waals surface area (Å²) in [5.74, 6) is -0.834. The molecule has 3 nitrogen and oxygen atoms in total. The Bertz CT molecular complexity index is 350. The Morgan fingerprint density at radius 3 is 2.67 bits per heavy atom. The highest BCUT2D eigenvalue weighted by atomic mass is 19.1. The van der Waals surface area contributed by atoms with Crippen molar-refractivity contribution in [3.8, 4) is 11.5 Å². The van der Waals surface area contributed by atoms with Gasteiger partial charge in [-0.15, -0.1) is 0 Å². The van der Waals surface area contributed by atoms with Crippen LogP contribution in [0.15, 0.2) is 6.07 Å². The summed E-state index contributed by atoms with van der Waals surface area (Å²) >= 11 is 0. The molecule has 0 radical (unpaired) electrons. The van der Waals surface area contributed by atoms with Gasteiger partial charge in [0.2, 0.25) is 0 Å². The molecular formula is C11H15FO3. The second-order valence-electron chi connectivity index (χ2n) is 3.38. The molecule has 0 bridgehead atoms. The molecule has 2 N–H and O–H groups in total. The van der Waals surface area contributed by atoms with Gasteiger partial charge in [0.15, 0.2) is 17.3 Å². The lowest BCUT2D eigenvalue weighted by molar-refractivity contribution is 0.287. The van der Waals surface area contributed by atoms with E-state index in [1.54, 1.807) is 13.0 Å². The number of aliphatic hydroxyl groups excluding tert-OH is 1. The molecule has 1 aromatic carbocycles. The van der Waals surface area contributed by atoms with Crippen LogP contribution in [0.5, 0.6) is 11.5 Å². The van der Waals surface area contributed by atoms with E-state index in [2.05, 4.69) is 0 Å². The monoisotopic (exact) mass is 214 g/mol. The van der Waals surface area contributed by atoms with Crippen LogP contribution in [0.2, 0.25) is 0 Å². The maximum atomic E-state index is 13.7. The third-order valence-corrected chi connectivity index (χ3v) is 2.27. The lowest BCUT2D eigenvalue weighted by Gasteiger charge is -2.11. The fourth-order valence-electron chi connectivity index (χ4n) is 1.46. The predicted octanol–water partition coefficient (Wildman–Crippen LogP) is 1.77. The molecule has 15 heavy (non-hydrogen) atoms. The van der Waals surface area contributed by atoms with Gasteiger partial charge in [0.1, 0.15) is 0 Å². The number of rotatable bonds is 4. The van der Waals surface area contributed by atoms with Crippen molar-refractivity contribution in [2.24, 2.45) is 0 Å². The molecule has 0 saturated heterocycles. The van der Waals surface area contributed by atoms with Gasteiger partial charge in [-0.2, -0.15) is 0 Å². The smallest absolute Gasteiger partial charge is 0.197 e. The van der Waals surface area contributed by atoms with Crippen LogP contribution in [0, 0.1) is 12.7 Å². The number of aromatic hydroxyl groups is 1. The normalized spacial score (nSPS) is 10.4. The maximum Gasteiger partial charge on any atom is 0.197 e. The molecule has 0 heterocycles. The molecule has 0 aliphatic heterocycles. The van der Waals surface area contributed by atoms with Gasteiger partial charge in [-0.3, -0.25) is 0 Å². The van der Waals surface area contributed by atoms with Crippen molar-refractivity contribution in [3.05, 3.63) is 23.0 Å². The number of halogens is 1. The number of aryl methyl sites for hydroxylation is 2. The van der Waals surface area contributed by atoms with Crippen LogP contribution in [0.25, 0.3) is 0 Å². The maximum absolute atomic E-state index is 13.7. The molecule has 0 spiro atoms. The van der Waals surface area contributed by atoms with E-state index in [0.29, 0.717) is 24.0 Å². The molecule has 0 fully saturated rings. The van der Waals surface area contributed by atoms with Crippen LogP contribution in [-0.2, 0) is 6.42 Å². The van der Waals surface area contributed by atoms with Crippen LogP contribution in [-0.4, -0.2) is 23.9 Å². The largest absolute Gasteiger partial charge is 0.504 e. The van der Waals surface area contributed by atoms with E-state index < -0.39 is 5.82 Å². The third kappa shape index (κ3) is 2.39. The predicted molar refractivity (Wildman–Crippen MR) is 54.8 cm³/mol. The summed E-state index contributed by atoms with van der Waals surface area (Å²) in [6.45, 7) is 1.70. The first-order valence-electron chi connectivity index (χ1n) is 4.77. The van der Waals surface area contributed by atoms with Crippen molar-refractivity contribution in [2.75, 3.05) is 13.7 Å². The number of hydrogen-bond donors (Lipinski definition) is 2. The van der Waals surface area contributed by atoms with E-state index in [-0.39, 0.29) is 18.1 Å². The van der Waals surface area contributed by atoms with Crippen LogP contribution in [0.3, 0.4) is 0 Å². The summed E-state index contributed by atoms with van der Waals surface area (Å²) in [7, 11) is 1.31. The molecule has 1 rings (SSSR count). The number of ether oxygens (including phenoxy) is 1. The van der Waals surface area contributed by atoms with Gasteiger partial charge in [-0.25, -0.2) is 4.39 Å². The zero-order chi connectivity index (χ0) is 11.4. The summed E-state index contributed by atoms with van der Waals surface area (Å²) in [4.78, 5) is 0. The Labute approximate surface area is 88.1 Å². The van der Waals surface area contributed by atoms with E-state index in [1.165, 1.54) is 7.11 Å². The zero-order valence-electron chi connectivity index (χ0n) is 8.88. The average Bonchev–Trinajstić information content (AvgIpc) is 2.22. The molecular weight excluding hydrogens is 199 g/mol. The fraction of sp³-hybridized carbons (Fsp3) is 0.455. The Morgan fingerprint density at radius 2 is 2.13 bits per heavy atom. The van der Waals surface area contributed by atoms with Crippen molar-refractivity contribution in [2.45, 2.75) is 19.8 Å². The fourth-order valence-corrected chi connectivity index (χ4v) is 1.46.